The summed E-state index contributed by atoms with van der Waals surface area (Å²) in [6.45, 7) is 5.25. The molecule has 0 saturated carbocycles. The summed E-state index contributed by atoms with van der Waals surface area (Å²) >= 11 is 0. The maximum Gasteiger partial charge on any atom is 0.411 e. The standard InChI is InChI=1S/C14H15NO4/c1-3-18-14(17)15-11(2)13(16)19-10-9-12-7-5-4-6-8-12/h4-10H,2-3H2,1H3,(H,15,17). The molecule has 1 aromatic carbocycles. The van der Waals surface area contributed by atoms with E-state index in [-0.39, 0.29) is 12.3 Å². The van der Waals surface area contributed by atoms with Gasteiger partial charge in [-0.3, -0.25) is 5.32 Å². The Bertz CT molecular complexity index is 479. The zero-order valence-corrected chi connectivity index (χ0v) is 10.6. The number of nitrogens with one attached hydrogen (secondary N) is 1. The van der Waals surface area contributed by atoms with Crippen molar-refractivity contribution in [2.45, 2.75) is 6.92 Å². The van der Waals surface area contributed by atoms with Crippen LogP contribution in [0.4, 0.5) is 4.79 Å². The molecule has 5 heteroatoms. The summed E-state index contributed by atoms with van der Waals surface area (Å²) in [5.74, 6) is -0.750. The van der Waals surface area contributed by atoms with Crippen molar-refractivity contribution in [3.05, 3.63) is 54.4 Å². The smallest absolute Gasteiger partial charge is 0.411 e. The number of esters is 1. The Balaban J connectivity index is 2.41. The van der Waals surface area contributed by atoms with E-state index in [1.165, 1.54) is 6.26 Å². The van der Waals surface area contributed by atoms with Crippen molar-refractivity contribution in [3.63, 3.8) is 0 Å². The van der Waals surface area contributed by atoms with Gasteiger partial charge in [0.15, 0.2) is 0 Å². The van der Waals surface area contributed by atoms with E-state index < -0.39 is 12.1 Å². The lowest BCUT2D eigenvalue weighted by atomic mass is 10.2. The monoisotopic (exact) mass is 261 g/mol. The van der Waals surface area contributed by atoms with Crippen LogP contribution in [0.1, 0.15) is 12.5 Å². The number of alkyl carbamates (subject to hydrolysis) is 1. The van der Waals surface area contributed by atoms with Crippen LogP contribution in [0.2, 0.25) is 0 Å². The molecule has 0 atom stereocenters. The molecule has 1 aromatic rings. The molecule has 19 heavy (non-hydrogen) atoms. The second-order valence-corrected chi connectivity index (χ2v) is 3.44. The van der Waals surface area contributed by atoms with Crippen LogP contribution in [0.25, 0.3) is 6.08 Å². The SMILES string of the molecule is C=C(NC(=O)OCC)C(=O)OC=Cc1ccccc1. The van der Waals surface area contributed by atoms with Crippen molar-refractivity contribution in [1.29, 1.82) is 0 Å². The summed E-state index contributed by atoms with van der Waals surface area (Å²) in [7, 11) is 0. The molecule has 0 unspecified atom stereocenters. The fourth-order valence-electron chi connectivity index (χ4n) is 1.15. The average molecular weight is 261 g/mol. The van der Waals surface area contributed by atoms with Gasteiger partial charge in [0.25, 0.3) is 0 Å². The van der Waals surface area contributed by atoms with E-state index in [0.29, 0.717) is 0 Å². The van der Waals surface area contributed by atoms with Crippen molar-refractivity contribution in [2.75, 3.05) is 6.61 Å². The van der Waals surface area contributed by atoms with Gasteiger partial charge in [-0.15, -0.1) is 0 Å². The first-order chi connectivity index (χ1) is 9.13. The predicted octanol–water partition coefficient (Wildman–Crippen LogP) is 2.46. The van der Waals surface area contributed by atoms with Gasteiger partial charge in [-0.05, 0) is 18.6 Å². The van der Waals surface area contributed by atoms with Gasteiger partial charge in [0.1, 0.15) is 5.70 Å². The van der Waals surface area contributed by atoms with Gasteiger partial charge in [-0.2, -0.15) is 0 Å². The minimum Gasteiger partial charge on any atom is -0.450 e. The van der Waals surface area contributed by atoms with E-state index >= 15 is 0 Å². The van der Waals surface area contributed by atoms with E-state index in [2.05, 4.69) is 16.6 Å². The number of hydrogen-bond donors (Lipinski definition) is 1. The van der Waals surface area contributed by atoms with Crippen LogP contribution >= 0.6 is 0 Å². The van der Waals surface area contributed by atoms with Crippen LogP contribution in [0.5, 0.6) is 0 Å². The number of benzene rings is 1. The zero-order valence-electron chi connectivity index (χ0n) is 10.6. The van der Waals surface area contributed by atoms with Crippen molar-refractivity contribution in [2.24, 2.45) is 0 Å². The molecule has 0 spiro atoms. The lowest BCUT2D eigenvalue weighted by Gasteiger charge is -2.05. The molecule has 0 bridgehead atoms. The summed E-state index contributed by atoms with van der Waals surface area (Å²) in [6.07, 6.45) is 2.11. The normalized spacial score (nSPS) is 9.95. The Kier molecular flexibility index (Phi) is 5.88. The Morgan fingerprint density at radius 1 is 1.32 bits per heavy atom. The molecule has 0 radical (unpaired) electrons. The highest BCUT2D eigenvalue weighted by Gasteiger charge is 2.11. The summed E-state index contributed by atoms with van der Waals surface area (Å²) in [5, 5.41) is 2.17. The van der Waals surface area contributed by atoms with Crippen LogP contribution < -0.4 is 5.32 Å². The highest BCUT2D eigenvalue weighted by atomic mass is 16.6. The van der Waals surface area contributed by atoms with Crippen LogP contribution in [-0.2, 0) is 14.3 Å². The predicted molar refractivity (Wildman–Crippen MR) is 70.9 cm³/mol. The fraction of sp³-hybridized carbons (Fsp3) is 0.143. The molecule has 0 aliphatic rings. The molecule has 0 fully saturated rings. The molecule has 0 aromatic heterocycles. The highest BCUT2D eigenvalue weighted by Crippen LogP contribution is 2.02. The number of ether oxygens (including phenoxy) is 2. The van der Waals surface area contributed by atoms with Gasteiger partial charge in [-0.25, -0.2) is 9.59 Å². The number of carbonyl (C=O) groups excluding carboxylic acids is 2. The lowest BCUT2D eigenvalue weighted by molar-refractivity contribution is -0.133. The first-order valence-corrected chi connectivity index (χ1v) is 5.68. The molecular weight excluding hydrogens is 246 g/mol. The van der Waals surface area contributed by atoms with E-state index in [9.17, 15) is 9.59 Å². The molecule has 0 aliphatic heterocycles. The maximum absolute atomic E-state index is 11.4. The second-order valence-electron chi connectivity index (χ2n) is 3.44. The van der Waals surface area contributed by atoms with E-state index in [0.717, 1.165) is 5.56 Å². The largest absolute Gasteiger partial charge is 0.450 e. The number of hydrogen-bond acceptors (Lipinski definition) is 4. The first-order valence-electron chi connectivity index (χ1n) is 5.68. The van der Waals surface area contributed by atoms with Gasteiger partial charge < -0.3 is 9.47 Å². The number of rotatable bonds is 5. The number of carbonyl (C=O) groups is 2. The zero-order chi connectivity index (χ0) is 14.1. The van der Waals surface area contributed by atoms with Crippen molar-refractivity contribution >= 4 is 18.1 Å². The molecule has 0 aliphatic carbocycles. The molecule has 100 valence electrons. The van der Waals surface area contributed by atoms with Crippen molar-refractivity contribution in [1.82, 2.24) is 5.32 Å². The fourth-order valence-corrected chi connectivity index (χ4v) is 1.15. The summed E-state index contributed by atoms with van der Waals surface area (Å²) in [5.41, 5.74) is 0.704. The van der Waals surface area contributed by atoms with Gasteiger partial charge in [-0.1, -0.05) is 36.9 Å². The molecule has 1 N–H and O–H groups in total. The molecule has 1 rings (SSSR count). The quantitative estimate of drug-likeness (QED) is 0.502. The van der Waals surface area contributed by atoms with Gasteiger partial charge >= 0.3 is 12.1 Å². The van der Waals surface area contributed by atoms with Gasteiger partial charge in [0.05, 0.1) is 12.9 Å². The van der Waals surface area contributed by atoms with E-state index in [1.54, 1.807) is 13.0 Å². The first kappa shape index (κ1) is 14.5. The van der Waals surface area contributed by atoms with E-state index in [4.69, 9.17) is 4.74 Å². The Labute approximate surface area is 111 Å². The van der Waals surface area contributed by atoms with Crippen molar-refractivity contribution in [3.8, 4) is 0 Å². The van der Waals surface area contributed by atoms with E-state index in [1.807, 2.05) is 30.3 Å². The minimum atomic E-state index is -0.750. The molecule has 0 saturated heterocycles. The third-order valence-corrected chi connectivity index (χ3v) is 2.01. The minimum absolute atomic E-state index is 0.184. The van der Waals surface area contributed by atoms with Crippen LogP contribution in [0.15, 0.2) is 48.9 Å². The number of amides is 1. The molecular formula is C14H15NO4. The highest BCUT2D eigenvalue weighted by molar-refractivity contribution is 5.92. The lowest BCUT2D eigenvalue weighted by Crippen LogP contribution is -2.27. The topological polar surface area (TPSA) is 64.6 Å². The van der Waals surface area contributed by atoms with Crippen molar-refractivity contribution < 1.29 is 19.1 Å². The molecule has 5 nitrogen and oxygen atoms in total. The third-order valence-electron chi connectivity index (χ3n) is 2.01. The summed E-state index contributed by atoms with van der Waals surface area (Å²) in [6, 6.07) is 9.33. The molecule has 0 heterocycles. The maximum atomic E-state index is 11.4. The van der Waals surface area contributed by atoms with Gasteiger partial charge in [0.2, 0.25) is 0 Å². The Morgan fingerprint density at radius 3 is 2.63 bits per heavy atom. The average Bonchev–Trinajstić information content (AvgIpc) is 2.40. The van der Waals surface area contributed by atoms with Crippen LogP contribution in [0, 0.1) is 0 Å². The Morgan fingerprint density at radius 2 is 2.00 bits per heavy atom. The second kappa shape index (κ2) is 7.71. The summed E-state index contributed by atoms with van der Waals surface area (Å²) < 4.78 is 9.40. The van der Waals surface area contributed by atoms with Crippen LogP contribution in [-0.4, -0.2) is 18.7 Å². The summed E-state index contributed by atoms with van der Waals surface area (Å²) in [4.78, 5) is 22.5. The van der Waals surface area contributed by atoms with Crippen LogP contribution in [0.3, 0.4) is 0 Å². The molecule has 1 amide bonds. The van der Waals surface area contributed by atoms with Gasteiger partial charge in [0, 0.05) is 0 Å². The third kappa shape index (κ3) is 5.54. The Hall–Kier alpha value is -2.56.